The van der Waals surface area contributed by atoms with Crippen LogP contribution in [0.2, 0.25) is 5.02 Å². The minimum absolute atomic E-state index is 0.129. The van der Waals surface area contributed by atoms with E-state index in [9.17, 15) is 4.79 Å². The van der Waals surface area contributed by atoms with Crippen molar-refractivity contribution in [3.8, 4) is 0 Å². The van der Waals surface area contributed by atoms with Gasteiger partial charge in [0.05, 0.1) is 18.2 Å². The molecule has 200 valence electrons. The highest BCUT2D eigenvalue weighted by Gasteiger charge is 2.21. The van der Waals surface area contributed by atoms with Crippen molar-refractivity contribution >= 4 is 29.4 Å². The van der Waals surface area contributed by atoms with Crippen molar-refractivity contribution in [3.05, 3.63) is 112 Å². The van der Waals surface area contributed by atoms with Crippen molar-refractivity contribution in [2.45, 2.75) is 24.2 Å². The van der Waals surface area contributed by atoms with E-state index in [0.717, 1.165) is 49.7 Å². The molecular weight excluding hydrogens is 514 g/mol. The van der Waals surface area contributed by atoms with Gasteiger partial charge in [-0.05, 0) is 42.2 Å². The van der Waals surface area contributed by atoms with E-state index in [2.05, 4.69) is 65.3 Å². The van der Waals surface area contributed by atoms with Crippen LogP contribution in [0, 0.1) is 6.92 Å². The zero-order valence-corrected chi connectivity index (χ0v) is 23.5. The summed E-state index contributed by atoms with van der Waals surface area (Å²) in [6.07, 6.45) is 0.817. The summed E-state index contributed by atoms with van der Waals surface area (Å²) < 4.78 is 5.50. The highest BCUT2D eigenvalue weighted by molar-refractivity contribution is 8.03. The number of hydrogen-bond donors (Lipinski definition) is 1. The molecule has 4 rings (SSSR count). The molecule has 1 saturated heterocycles. The van der Waals surface area contributed by atoms with E-state index in [0.29, 0.717) is 23.1 Å². The standard InChI is InChI=1S/C31H36ClN3O2S/c1-24-13-14-28(32)23-30(24)38-25(2)33-31(36)35(18-17-34-19-21-37-22-20-34)16-15-29(26-9-5-3-6-10-26)27-11-7-4-8-12-27/h3-14,23,29H,2,15-22H2,1H3,(H,33,36). The summed E-state index contributed by atoms with van der Waals surface area (Å²) in [4.78, 5) is 18.8. The minimum atomic E-state index is -0.129. The summed E-state index contributed by atoms with van der Waals surface area (Å²) in [6, 6.07) is 26.7. The van der Waals surface area contributed by atoms with E-state index in [1.54, 1.807) is 0 Å². The second kappa shape index (κ2) is 14.4. The van der Waals surface area contributed by atoms with Crippen LogP contribution in [-0.2, 0) is 4.74 Å². The summed E-state index contributed by atoms with van der Waals surface area (Å²) in [5.74, 6) is 0.197. The number of carbonyl (C=O) groups is 1. The number of urea groups is 1. The van der Waals surface area contributed by atoms with Gasteiger partial charge in [0.1, 0.15) is 0 Å². The highest BCUT2D eigenvalue weighted by Crippen LogP contribution is 2.30. The Kier molecular flexibility index (Phi) is 10.7. The normalized spacial score (nSPS) is 13.9. The van der Waals surface area contributed by atoms with Crippen LogP contribution in [0.15, 0.2) is 95.4 Å². The first-order valence-electron chi connectivity index (χ1n) is 13.1. The number of nitrogens with zero attached hydrogens (tertiary/aromatic N) is 2. The van der Waals surface area contributed by atoms with Gasteiger partial charge in [-0.1, -0.05) is 96.7 Å². The zero-order valence-electron chi connectivity index (χ0n) is 21.9. The Balaban J connectivity index is 1.46. The number of morpholine rings is 1. The molecule has 0 unspecified atom stereocenters. The maximum absolute atomic E-state index is 13.5. The minimum Gasteiger partial charge on any atom is -0.379 e. The molecule has 0 aromatic heterocycles. The fourth-order valence-corrected chi connectivity index (χ4v) is 5.68. The first kappa shape index (κ1) is 28.2. The van der Waals surface area contributed by atoms with E-state index < -0.39 is 0 Å². The number of hydrogen-bond acceptors (Lipinski definition) is 4. The van der Waals surface area contributed by atoms with Gasteiger partial charge in [0.15, 0.2) is 0 Å². The number of aryl methyl sites for hydroxylation is 1. The predicted octanol–water partition coefficient (Wildman–Crippen LogP) is 6.78. The molecule has 0 bridgehead atoms. The van der Waals surface area contributed by atoms with Gasteiger partial charge in [-0.2, -0.15) is 0 Å². The van der Waals surface area contributed by atoms with E-state index in [4.69, 9.17) is 16.3 Å². The van der Waals surface area contributed by atoms with Crippen LogP contribution in [-0.4, -0.2) is 61.8 Å². The number of benzene rings is 3. The molecule has 5 nitrogen and oxygen atoms in total. The number of thioether (sulfide) groups is 1. The Morgan fingerprint density at radius 2 is 1.66 bits per heavy atom. The fraction of sp³-hybridized carbons (Fsp3) is 0.323. The van der Waals surface area contributed by atoms with Crippen LogP contribution < -0.4 is 5.32 Å². The zero-order chi connectivity index (χ0) is 26.7. The fourth-order valence-electron chi connectivity index (χ4n) is 4.62. The number of ether oxygens (including phenoxy) is 1. The van der Waals surface area contributed by atoms with Crippen LogP contribution in [0.5, 0.6) is 0 Å². The van der Waals surface area contributed by atoms with Crippen LogP contribution in [0.25, 0.3) is 0 Å². The third-order valence-corrected chi connectivity index (χ3v) is 8.04. The van der Waals surface area contributed by atoms with Crippen molar-refractivity contribution in [1.29, 1.82) is 0 Å². The number of nitrogens with one attached hydrogen (secondary N) is 1. The largest absolute Gasteiger partial charge is 0.379 e. The summed E-state index contributed by atoms with van der Waals surface area (Å²) >= 11 is 7.62. The van der Waals surface area contributed by atoms with E-state index in [1.165, 1.54) is 22.9 Å². The van der Waals surface area contributed by atoms with E-state index in [-0.39, 0.29) is 11.9 Å². The van der Waals surface area contributed by atoms with Crippen molar-refractivity contribution in [1.82, 2.24) is 15.1 Å². The van der Waals surface area contributed by atoms with Gasteiger partial charge in [-0.25, -0.2) is 4.79 Å². The molecule has 1 N–H and O–H groups in total. The maximum Gasteiger partial charge on any atom is 0.322 e. The van der Waals surface area contributed by atoms with Gasteiger partial charge in [-0.15, -0.1) is 0 Å². The van der Waals surface area contributed by atoms with Crippen molar-refractivity contribution in [3.63, 3.8) is 0 Å². The van der Waals surface area contributed by atoms with Gasteiger partial charge < -0.3 is 15.0 Å². The van der Waals surface area contributed by atoms with Gasteiger partial charge in [0.2, 0.25) is 0 Å². The molecule has 38 heavy (non-hydrogen) atoms. The molecule has 0 spiro atoms. The van der Waals surface area contributed by atoms with Crippen molar-refractivity contribution in [2.75, 3.05) is 45.9 Å². The summed E-state index contributed by atoms with van der Waals surface area (Å²) in [6.45, 7) is 11.5. The van der Waals surface area contributed by atoms with Crippen LogP contribution in [0.4, 0.5) is 4.79 Å². The molecule has 3 aromatic carbocycles. The Morgan fingerprint density at radius 3 is 2.29 bits per heavy atom. The second-order valence-electron chi connectivity index (χ2n) is 9.47. The smallest absolute Gasteiger partial charge is 0.322 e. The molecule has 0 radical (unpaired) electrons. The van der Waals surface area contributed by atoms with Gasteiger partial charge >= 0.3 is 6.03 Å². The molecule has 1 aliphatic heterocycles. The molecule has 1 fully saturated rings. The lowest BCUT2D eigenvalue weighted by Gasteiger charge is -2.31. The lowest BCUT2D eigenvalue weighted by atomic mass is 9.88. The maximum atomic E-state index is 13.5. The molecular formula is C31H36ClN3O2S. The molecule has 1 heterocycles. The van der Waals surface area contributed by atoms with Gasteiger partial charge in [0.25, 0.3) is 0 Å². The lowest BCUT2D eigenvalue weighted by Crippen LogP contribution is -2.46. The van der Waals surface area contributed by atoms with Gasteiger partial charge in [-0.3, -0.25) is 4.90 Å². The Hall–Kier alpha value is -2.77. The topological polar surface area (TPSA) is 44.8 Å². The summed E-state index contributed by atoms with van der Waals surface area (Å²) in [7, 11) is 0. The third kappa shape index (κ3) is 8.37. The van der Waals surface area contributed by atoms with Crippen molar-refractivity contribution < 1.29 is 9.53 Å². The lowest BCUT2D eigenvalue weighted by molar-refractivity contribution is 0.0349. The highest BCUT2D eigenvalue weighted by atomic mass is 35.5. The number of carbonyl (C=O) groups excluding carboxylic acids is 1. The number of amides is 2. The average molecular weight is 550 g/mol. The summed E-state index contributed by atoms with van der Waals surface area (Å²) in [5.41, 5.74) is 3.60. The SMILES string of the molecule is C=C(NC(=O)N(CCC(c1ccccc1)c1ccccc1)CCN1CCOCC1)Sc1cc(Cl)ccc1C. The van der Waals surface area contributed by atoms with Crippen LogP contribution in [0.1, 0.15) is 29.0 Å². The van der Waals surface area contributed by atoms with Crippen molar-refractivity contribution in [2.24, 2.45) is 0 Å². The first-order valence-corrected chi connectivity index (χ1v) is 14.3. The molecule has 7 heteroatoms. The monoisotopic (exact) mass is 549 g/mol. The molecule has 0 atom stereocenters. The van der Waals surface area contributed by atoms with E-state index in [1.807, 2.05) is 42.2 Å². The first-order chi connectivity index (χ1) is 18.5. The molecule has 0 aliphatic carbocycles. The molecule has 3 aromatic rings. The Morgan fingerprint density at radius 1 is 1.03 bits per heavy atom. The van der Waals surface area contributed by atoms with Crippen LogP contribution >= 0.6 is 23.4 Å². The molecule has 1 aliphatic rings. The number of halogens is 1. The van der Waals surface area contributed by atoms with E-state index >= 15 is 0 Å². The molecule has 2 amide bonds. The predicted molar refractivity (Wildman–Crippen MR) is 158 cm³/mol. The Labute approximate surface area is 235 Å². The van der Waals surface area contributed by atoms with Gasteiger partial charge in [0, 0.05) is 48.6 Å². The third-order valence-electron chi connectivity index (χ3n) is 6.80. The average Bonchev–Trinajstić information content (AvgIpc) is 2.94. The quantitative estimate of drug-likeness (QED) is 0.268. The van der Waals surface area contributed by atoms with Crippen LogP contribution in [0.3, 0.4) is 0 Å². The number of rotatable bonds is 11. The molecule has 0 saturated carbocycles. The Bertz CT molecular complexity index is 1150. The summed E-state index contributed by atoms with van der Waals surface area (Å²) in [5, 5.41) is 4.28. The second-order valence-corrected chi connectivity index (χ2v) is 11.0.